The first-order valence-electron chi connectivity index (χ1n) is 6.94. The van der Waals surface area contributed by atoms with Crippen molar-refractivity contribution in [1.82, 2.24) is 0 Å². The summed E-state index contributed by atoms with van der Waals surface area (Å²) < 4.78 is 10.2. The summed E-state index contributed by atoms with van der Waals surface area (Å²) in [5.41, 5.74) is 6.52. The van der Waals surface area contributed by atoms with Crippen LogP contribution in [0.2, 0.25) is 10.0 Å². The molecule has 0 saturated carbocycles. The molecule has 0 aliphatic carbocycles. The van der Waals surface area contributed by atoms with Crippen LogP contribution in [-0.4, -0.2) is 26.0 Å². The van der Waals surface area contributed by atoms with Gasteiger partial charge in [-0.05, 0) is 18.2 Å². The van der Waals surface area contributed by atoms with Crippen molar-refractivity contribution < 1.29 is 19.1 Å². The number of nitrogen functional groups attached to an aromatic ring is 1. The summed E-state index contributed by atoms with van der Waals surface area (Å²) in [5.74, 6) is -1.20. The fourth-order valence-corrected chi connectivity index (χ4v) is 2.34. The molecule has 7 nitrogen and oxygen atoms in total. The second-order valence-corrected chi connectivity index (χ2v) is 5.65. The zero-order valence-electron chi connectivity index (χ0n) is 13.4. The molecule has 2 aromatic carbocycles. The van der Waals surface area contributed by atoms with Crippen molar-refractivity contribution in [2.75, 3.05) is 30.6 Å². The summed E-state index contributed by atoms with van der Waals surface area (Å²) >= 11 is 11.9. The van der Waals surface area contributed by atoms with E-state index < -0.39 is 11.8 Å². The molecule has 0 bridgehead atoms. The van der Waals surface area contributed by atoms with Crippen LogP contribution in [0, 0.1) is 0 Å². The first kappa shape index (κ1) is 18.7. The smallest absolute Gasteiger partial charge is 0.314 e. The van der Waals surface area contributed by atoms with Gasteiger partial charge in [-0.1, -0.05) is 23.2 Å². The van der Waals surface area contributed by atoms with E-state index in [2.05, 4.69) is 10.6 Å². The van der Waals surface area contributed by atoms with Crippen molar-refractivity contribution in [1.29, 1.82) is 0 Å². The van der Waals surface area contributed by atoms with Gasteiger partial charge in [0.2, 0.25) is 0 Å². The molecule has 0 unspecified atom stereocenters. The molecule has 25 heavy (non-hydrogen) atoms. The van der Waals surface area contributed by atoms with Gasteiger partial charge in [-0.25, -0.2) is 0 Å². The first-order chi connectivity index (χ1) is 11.8. The number of rotatable bonds is 4. The van der Waals surface area contributed by atoms with Gasteiger partial charge in [0.25, 0.3) is 0 Å². The van der Waals surface area contributed by atoms with E-state index in [4.69, 9.17) is 38.4 Å². The fraction of sp³-hybridized carbons (Fsp3) is 0.125. The van der Waals surface area contributed by atoms with Crippen molar-refractivity contribution in [2.45, 2.75) is 0 Å². The Hall–Kier alpha value is -2.64. The van der Waals surface area contributed by atoms with Gasteiger partial charge in [-0.3, -0.25) is 9.59 Å². The zero-order chi connectivity index (χ0) is 18.6. The van der Waals surface area contributed by atoms with Crippen molar-refractivity contribution >= 4 is 52.1 Å². The van der Waals surface area contributed by atoms with Crippen LogP contribution >= 0.6 is 23.2 Å². The average Bonchev–Trinajstić information content (AvgIpc) is 2.59. The maximum absolute atomic E-state index is 12.1. The summed E-state index contributed by atoms with van der Waals surface area (Å²) in [6, 6.07) is 7.40. The minimum absolute atomic E-state index is 0.235. The van der Waals surface area contributed by atoms with E-state index in [0.29, 0.717) is 22.1 Å². The summed E-state index contributed by atoms with van der Waals surface area (Å²) in [4.78, 5) is 24.1. The van der Waals surface area contributed by atoms with Gasteiger partial charge in [0.05, 0.1) is 35.6 Å². The minimum atomic E-state index is -0.907. The molecule has 0 aliphatic heterocycles. The maximum Gasteiger partial charge on any atom is 0.314 e. The number of amides is 2. The van der Waals surface area contributed by atoms with E-state index in [-0.39, 0.29) is 16.5 Å². The maximum atomic E-state index is 12.1. The van der Waals surface area contributed by atoms with Crippen molar-refractivity contribution in [3.63, 3.8) is 0 Å². The Bertz CT molecular complexity index is 827. The molecule has 0 aromatic heterocycles. The normalized spacial score (nSPS) is 10.1. The number of halogens is 2. The third-order valence-electron chi connectivity index (χ3n) is 3.19. The van der Waals surface area contributed by atoms with Crippen molar-refractivity contribution in [2.24, 2.45) is 0 Å². The van der Waals surface area contributed by atoms with Crippen LogP contribution < -0.4 is 25.8 Å². The van der Waals surface area contributed by atoms with Crippen molar-refractivity contribution in [3.05, 3.63) is 40.4 Å². The molecule has 0 heterocycles. The Morgan fingerprint density at radius 3 is 2.16 bits per heavy atom. The number of carbonyl (C=O) groups excluding carboxylic acids is 2. The number of anilines is 3. The molecule has 9 heteroatoms. The Balaban J connectivity index is 2.15. The lowest BCUT2D eigenvalue weighted by Gasteiger charge is -2.13. The van der Waals surface area contributed by atoms with Gasteiger partial charge in [0, 0.05) is 17.8 Å². The highest BCUT2D eigenvalue weighted by molar-refractivity contribution is 6.44. The fourth-order valence-electron chi connectivity index (χ4n) is 1.93. The quantitative estimate of drug-likeness (QED) is 0.555. The van der Waals surface area contributed by atoms with Crippen LogP contribution in [0.4, 0.5) is 17.1 Å². The second kappa shape index (κ2) is 7.96. The van der Waals surface area contributed by atoms with Gasteiger partial charge >= 0.3 is 11.8 Å². The molecule has 0 fully saturated rings. The summed E-state index contributed by atoms with van der Waals surface area (Å²) in [7, 11) is 2.83. The van der Waals surface area contributed by atoms with Crippen LogP contribution in [0.3, 0.4) is 0 Å². The van der Waals surface area contributed by atoms with Crippen LogP contribution in [-0.2, 0) is 9.59 Å². The number of ether oxygens (including phenoxy) is 2. The number of carbonyl (C=O) groups is 2. The molecule has 0 atom stereocenters. The summed E-state index contributed by atoms with van der Waals surface area (Å²) in [6.07, 6.45) is 0. The molecule has 0 radical (unpaired) electrons. The monoisotopic (exact) mass is 383 g/mol. The molecule has 132 valence electrons. The zero-order valence-corrected chi connectivity index (χ0v) is 14.9. The van der Waals surface area contributed by atoms with E-state index in [1.165, 1.54) is 44.6 Å². The predicted molar refractivity (Wildman–Crippen MR) is 97.7 cm³/mol. The van der Waals surface area contributed by atoms with Gasteiger partial charge in [-0.15, -0.1) is 0 Å². The highest BCUT2D eigenvalue weighted by Gasteiger charge is 2.18. The number of benzene rings is 2. The number of hydrogen-bond donors (Lipinski definition) is 3. The van der Waals surface area contributed by atoms with Crippen LogP contribution in [0.1, 0.15) is 0 Å². The molecular formula is C16H15Cl2N3O4. The molecule has 4 N–H and O–H groups in total. The molecule has 0 saturated heterocycles. The van der Waals surface area contributed by atoms with E-state index in [0.717, 1.165) is 0 Å². The SMILES string of the molecule is COc1cc(NC(=O)C(=O)Nc2ccc(N)c(Cl)c2)c(OC)cc1Cl. The van der Waals surface area contributed by atoms with E-state index in [1.54, 1.807) is 0 Å². The van der Waals surface area contributed by atoms with Crippen LogP contribution in [0.5, 0.6) is 11.5 Å². The second-order valence-electron chi connectivity index (χ2n) is 4.83. The number of nitrogens with one attached hydrogen (secondary N) is 2. The topological polar surface area (TPSA) is 103 Å². The lowest BCUT2D eigenvalue weighted by Crippen LogP contribution is -2.29. The van der Waals surface area contributed by atoms with Gasteiger partial charge in [0.1, 0.15) is 11.5 Å². The van der Waals surface area contributed by atoms with E-state index in [1.807, 2.05) is 0 Å². The molecule has 2 amide bonds. The van der Waals surface area contributed by atoms with E-state index in [9.17, 15) is 9.59 Å². The molecule has 2 aromatic rings. The Morgan fingerprint density at radius 2 is 1.56 bits per heavy atom. The molecule has 0 spiro atoms. The average molecular weight is 384 g/mol. The van der Waals surface area contributed by atoms with E-state index >= 15 is 0 Å². The lowest BCUT2D eigenvalue weighted by molar-refractivity contribution is -0.133. The van der Waals surface area contributed by atoms with Gasteiger partial charge in [0.15, 0.2) is 0 Å². The third-order valence-corrected chi connectivity index (χ3v) is 3.81. The first-order valence-corrected chi connectivity index (χ1v) is 7.70. The van der Waals surface area contributed by atoms with Crippen molar-refractivity contribution in [3.8, 4) is 11.5 Å². The predicted octanol–water partition coefficient (Wildman–Crippen LogP) is 3.17. The Kier molecular flexibility index (Phi) is 5.95. The molecular weight excluding hydrogens is 369 g/mol. The summed E-state index contributed by atoms with van der Waals surface area (Å²) in [6.45, 7) is 0. The summed E-state index contributed by atoms with van der Waals surface area (Å²) in [5, 5.41) is 5.43. The van der Waals surface area contributed by atoms with Crippen LogP contribution in [0.15, 0.2) is 30.3 Å². The number of methoxy groups -OCH3 is 2. The van der Waals surface area contributed by atoms with Gasteiger partial charge in [-0.2, -0.15) is 0 Å². The highest BCUT2D eigenvalue weighted by atomic mass is 35.5. The number of hydrogen-bond acceptors (Lipinski definition) is 5. The largest absolute Gasteiger partial charge is 0.495 e. The standard InChI is InChI=1S/C16H15Cl2N3O4/c1-24-13-7-12(14(25-2)6-10(13)18)21-16(23)15(22)20-8-3-4-11(19)9(17)5-8/h3-7H,19H2,1-2H3,(H,20,22)(H,21,23). The lowest BCUT2D eigenvalue weighted by atomic mass is 10.2. The molecule has 0 aliphatic rings. The van der Waals surface area contributed by atoms with Crippen LogP contribution in [0.25, 0.3) is 0 Å². The Morgan fingerprint density at radius 1 is 0.920 bits per heavy atom. The van der Waals surface area contributed by atoms with Gasteiger partial charge < -0.3 is 25.8 Å². The third kappa shape index (κ3) is 4.46. The highest BCUT2D eigenvalue weighted by Crippen LogP contribution is 2.35. The Labute approximate surface area is 154 Å². The molecule has 2 rings (SSSR count). The number of nitrogens with two attached hydrogens (primary N) is 1. The minimum Gasteiger partial charge on any atom is -0.495 e.